The number of hydrogen-bond donors (Lipinski definition) is 0. The first-order chi connectivity index (χ1) is 14.7. The van der Waals surface area contributed by atoms with Crippen molar-refractivity contribution in [2.24, 2.45) is 11.4 Å². The molecule has 1 atom stereocenters. The predicted octanol–water partition coefficient (Wildman–Crippen LogP) is 3.58. The van der Waals surface area contributed by atoms with Crippen molar-refractivity contribution in [1.29, 1.82) is 0 Å². The molecule has 0 radical (unpaired) electrons. The molecule has 32 heavy (non-hydrogen) atoms. The smallest absolute Gasteiger partial charge is 0.261 e. The number of fused-ring (bicyclic) bond motifs is 1. The first kappa shape index (κ1) is 24.2. The van der Waals surface area contributed by atoms with E-state index in [0.717, 1.165) is 11.8 Å². The zero-order valence-electron chi connectivity index (χ0n) is 19.3. The number of rotatable bonds is 4. The standard InChI is InChI=1S/C23H27N3O4S2/c1-14-12-18(15(2)25-31(28)23(3,4)5)20-19(13-14)22(27)26(6)21(24-20)16-8-10-17(11-9-16)32(7,29)30/h8-13H,1-7H3/t31-/m1/s1. The summed E-state index contributed by atoms with van der Waals surface area (Å²) in [6.45, 7) is 9.19. The Hall–Kier alpha value is -2.49. The van der Waals surface area contributed by atoms with Gasteiger partial charge in [-0.3, -0.25) is 9.36 Å². The normalized spacial score (nSPS) is 14.1. The van der Waals surface area contributed by atoms with Crippen LogP contribution in [0.5, 0.6) is 0 Å². The van der Waals surface area contributed by atoms with E-state index in [1.54, 1.807) is 32.2 Å². The van der Waals surface area contributed by atoms with Crippen LogP contribution in [0.2, 0.25) is 0 Å². The summed E-state index contributed by atoms with van der Waals surface area (Å²) in [5, 5.41) is 0.440. The minimum absolute atomic E-state index is 0.191. The molecular formula is C23H27N3O4S2. The molecule has 1 aromatic heterocycles. The summed E-state index contributed by atoms with van der Waals surface area (Å²) in [6.07, 6.45) is 1.14. The molecule has 0 fully saturated rings. The fraction of sp³-hybridized carbons (Fsp3) is 0.348. The van der Waals surface area contributed by atoms with Crippen LogP contribution in [0.25, 0.3) is 22.3 Å². The maximum absolute atomic E-state index is 13.2. The molecule has 0 amide bonds. The van der Waals surface area contributed by atoms with Crippen LogP contribution >= 0.6 is 0 Å². The van der Waals surface area contributed by atoms with Crippen LogP contribution in [0, 0.1) is 6.92 Å². The number of aryl methyl sites for hydroxylation is 1. The fourth-order valence-corrected chi connectivity index (χ4v) is 4.47. The van der Waals surface area contributed by atoms with Crippen LogP contribution in [-0.2, 0) is 28.2 Å². The van der Waals surface area contributed by atoms with Gasteiger partial charge in [-0.1, -0.05) is 4.40 Å². The maximum atomic E-state index is 13.2. The molecule has 0 spiro atoms. The molecule has 2 aromatic carbocycles. The largest absolute Gasteiger partial charge is 0.591 e. The molecule has 0 aliphatic carbocycles. The van der Waals surface area contributed by atoms with E-state index in [0.29, 0.717) is 33.6 Å². The van der Waals surface area contributed by atoms with Gasteiger partial charge in [0.15, 0.2) is 9.84 Å². The first-order valence-corrected chi connectivity index (χ1v) is 13.0. The summed E-state index contributed by atoms with van der Waals surface area (Å²) < 4.78 is 41.4. The van der Waals surface area contributed by atoms with Crippen molar-refractivity contribution in [2.45, 2.75) is 44.3 Å². The summed E-state index contributed by atoms with van der Waals surface area (Å²) in [6, 6.07) is 9.91. The Bertz CT molecular complexity index is 1380. The van der Waals surface area contributed by atoms with Gasteiger partial charge < -0.3 is 4.55 Å². The van der Waals surface area contributed by atoms with Crippen LogP contribution in [-0.4, -0.2) is 39.2 Å². The van der Waals surface area contributed by atoms with Gasteiger partial charge in [0.1, 0.15) is 21.9 Å². The first-order valence-electron chi connectivity index (χ1n) is 9.99. The van der Waals surface area contributed by atoms with Crippen molar-refractivity contribution in [3.8, 4) is 11.4 Å². The third kappa shape index (κ3) is 4.79. The zero-order chi connectivity index (χ0) is 24.0. The molecule has 0 N–H and O–H groups in total. The van der Waals surface area contributed by atoms with Gasteiger partial charge in [0, 0.05) is 24.4 Å². The van der Waals surface area contributed by atoms with Crippen molar-refractivity contribution in [3.63, 3.8) is 0 Å². The molecule has 1 heterocycles. The molecule has 170 valence electrons. The third-order valence-corrected chi connectivity index (χ3v) is 7.61. The van der Waals surface area contributed by atoms with Crippen LogP contribution in [0.3, 0.4) is 0 Å². The van der Waals surface area contributed by atoms with Gasteiger partial charge in [-0.2, -0.15) is 0 Å². The van der Waals surface area contributed by atoms with Gasteiger partial charge in [-0.15, -0.1) is 0 Å². The Morgan fingerprint density at radius 1 is 1.16 bits per heavy atom. The number of hydrogen-bond acceptors (Lipinski definition) is 6. The van der Waals surface area contributed by atoms with Gasteiger partial charge in [0.05, 0.1) is 21.5 Å². The highest BCUT2D eigenvalue weighted by atomic mass is 32.2. The van der Waals surface area contributed by atoms with E-state index in [1.807, 2.05) is 33.8 Å². The molecule has 3 rings (SSSR count). The van der Waals surface area contributed by atoms with Crippen LogP contribution < -0.4 is 5.56 Å². The molecule has 3 aromatic rings. The minimum atomic E-state index is -3.33. The lowest BCUT2D eigenvalue weighted by Gasteiger charge is -2.19. The molecule has 0 aliphatic heterocycles. The zero-order valence-corrected chi connectivity index (χ0v) is 20.9. The lowest BCUT2D eigenvalue weighted by Crippen LogP contribution is -2.27. The van der Waals surface area contributed by atoms with Crippen LogP contribution in [0.15, 0.2) is 50.5 Å². The monoisotopic (exact) mass is 473 g/mol. The second kappa shape index (κ2) is 8.46. The summed E-state index contributed by atoms with van der Waals surface area (Å²) in [5.74, 6) is 0.400. The molecule has 7 nitrogen and oxygen atoms in total. The second-order valence-electron chi connectivity index (χ2n) is 8.84. The van der Waals surface area contributed by atoms with E-state index >= 15 is 0 Å². The summed E-state index contributed by atoms with van der Waals surface area (Å²) >= 11 is -1.46. The molecule has 0 unspecified atom stereocenters. The minimum Gasteiger partial charge on any atom is -0.591 e. The van der Waals surface area contributed by atoms with Gasteiger partial charge in [-0.05, 0) is 76.6 Å². The van der Waals surface area contributed by atoms with Crippen molar-refractivity contribution in [2.75, 3.05) is 6.26 Å². The van der Waals surface area contributed by atoms with E-state index < -0.39 is 25.9 Å². The van der Waals surface area contributed by atoms with Gasteiger partial charge >= 0.3 is 0 Å². The highest BCUT2D eigenvalue weighted by molar-refractivity contribution is 7.91. The molecular weight excluding hydrogens is 446 g/mol. The Kier molecular flexibility index (Phi) is 6.38. The summed E-state index contributed by atoms with van der Waals surface area (Å²) in [5.41, 5.74) is 2.89. The maximum Gasteiger partial charge on any atom is 0.261 e. The van der Waals surface area contributed by atoms with Crippen molar-refractivity contribution < 1.29 is 13.0 Å². The molecule has 0 bridgehead atoms. The highest BCUT2D eigenvalue weighted by Gasteiger charge is 2.27. The number of nitrogens with zero attached hydrogens (tertiary/aromatic N) is 3. The van der Waals surface area contributed by atoms with Crippen LogP contribution in [0.4, 0.5) is 0 Å². The highest BCUT2D eigenvalue weighted by Crippen LogP contribution is 2.25. The van der Waals surface area contributed by atoms with Gasteiger partial charge in [-0.25, -0.2) is 13.4 Å². The van der Waals surface area contributed by atoms with Gasteiger partial charge in [0.25, 0.3) is 5.56 Å². The second-order valence-corrected chi connectivity index (χ2v) is 12.8. The third-order valence-electron chi connectivity index (χ3n) is 5.00. The van der Waals surface area contributed by atoms with Crippen molar-refractivity contribution in [3.05, 3.63) is 57.9 Å². The van der Waals surface area contributed by atoms with Crippen molar-refractivity contribution in [1.82, 2.24) is 9.55 Å². The lowest BCUT2D eigenvalue weighted by molar-refractivity contribution is 0.561. The molecule has 9 heteroatoms. The number of aromatic nitrogens is 2. The molecule has 0 saturated heterocycles. The van der Waals surface area contributed by atoms with Gasteiger partial charge in [0.2, 0.25) is 0 Å². The van der Waals surface area contributed by atoms with E-state index in [4.69, 9.17) is 4.98 Å². The summed E-state index contributed by atoms with van der Waals surface area (Å²) in [4.78, 5) is 18.1. The van der Waals surface area contributed by atoms with E-state index in [2.05, 4.69) is 4.40 Å². The quantitative estimate of drug-likeness (QED) is 0.425. The predicted molar refractivity (Wildman–Crippen MR) is 130 cm³/mol. The Morgan fingerprint density at radius 2 is 1.75 bits per heavy atom. The Labute approximate surface area is 191 Å². The van der Waals surface area contributed by atoms with E-state index in [1.165, 1.54) is 16.7 Å². The lowest BCUT2D eigenvalue weighted by atomic mass is 10.0. The Balaban J connectivity index is 2.28. The Morgan fingerprint density at radius 3 is 2.28 bits per heavy atom. The topological polar surface area (TPSA) is 104 Å². The SMILES string of the molecule is CC(=N[S@+]([O-])C(C)(C)C)c1cc(C)cc2c(=O)n(C)c(-c3ccc(S(C)(=O)=O)cc3)nc12. The van der Waals surface area contributed by atoms with Crippen molar-refractivity contribution >= 4 is 37.8 Å². The average molecular weight is 474 g/mol. The fourth-order valence-electron chi connectivity index (χ4n) is 3.22. The average Bonchev–Trinajstić information content (AvgIpc) is 2.69. The van der Waals surface area contributed by atoms with E-state index in [-0.39, 0.29) is 10.5 Å². The molecule has 0 aliphatic rings. The van der Waals surface area contributed by atoms with E-state index in [9.17, 15) is 17.8 Å². The number of benzene rings is 2. The molecule has 0 saturated carbocycles. The summed E-state index contributed by atoms with van der Waals surface area (Å²) in [7, 11) is -1.70. The van der Waals surface area contributed by atoms with Crippen LogP contribution in [0.1, 0.15) is 38.8 Å². The number of sulfone groups is 1.